The number of nitrogens with two attached hydrogens (primary N) is 1. The minimum Gasteiger partial charge on any atom is -0.375 e. The zero-order chi connectivity index (χ0) is 13.7. The van der Waals surface area contributed by atoms with E-state index in [-0.39, 0.29) is 11.9 Å². The molecule has 2 aromatic carbocycles. The van der Waals surface area contributed by atoms with E-state index < -0.39 is 0 Å². The molecule has 0 aliphatic carbocycles. The summed E-state index contributed by atoms with van der Waals surface area (Å²) in [7, 11) is 2.02. The normalized spacial score (nSPS) is 12.2. The SMILES string of the molecule is CN(CCC(N)c1ccccc1F)c1ccccc1. The third-order valence-corrected chi connectivity index (χ3v) is 3.28. The van der Waals surface area contributed by atoms with E-state index >= 15 is 0 Å². The molecule has 2 nitrogen and oxygen atoms in total. The predicted octanol–water partition coefficient (Wildman–Crippen LogP) is 3.35. The summed E-state index contributed by atoms with van der Waals surface area (Å²) in [6, 6.07) is 16.5. The van der Waals surface area contributed by atoms with E-state index in [4.69, 9.17) is 5.73 Å². The molecular weight excluding hydrogens is 239 g/mol. The number of halogens is 1. The Hall–Kier alpha value is -1.87. The number of para-hydroxylation sites is 1. The minimum absolute atomic E-state index is 0.225. The largest absolute Gasteiger partial charge is 0.375 e. The van der Waals surface area contributed by atoms with E-state index in [9.17, 15) is 4.39 Å². The van der Waals surface area contributed by atoms with Crippen molar-refractivity contribution < 1.29 is 4.39 Å². The van der Waals surface area contributed by atoms with Gasteiger partial charge < -0.3 is 10.6 Å². The molecule has 0 amide bonds. The van der Waals surface area contributed by atoms with Crippen molar-refractivity contribution in [2.45, 2.75) is 12.5 Å². The second-order valence-electron chi connectivity index (χ2n) is 4.67. The van der Waals surface area contributed by atoms with E-state index in [1.807, 2.05) is 31.3 Å². The van der Waals surface area contributed by atoms with Gasteiger partial charge in [0.05, 0.1) is 0 Å². The lowest BCUT2D eigenvalue weighted by Gasteiger charge is -2.21. The summed E-state index contributed by atoms with van der Waals surface area (Å²) in [5.41, 5.74) is 7.78. The molecule has 3 heteroatoms. The monoisotopic (exact) mass is 258 g/mol. The fourth-order valence-corrected chi connectivity index (χ4v) is 2.08. The molecule has 0 saturated carbocycles. The Bertz CT molecular complexity index is 513. The van der Waals surface area contributed by atoms with E-state index in [2.05, 4.69) is 17.0 Å². The topological polar surface area (TPSA) is 29.3 Å². The summed E-state index contributed by atoms with van der Waals surface area (Å²) >= 11 is 0. The van der Waals surface area contributed by atoms with Gasteiger partial charge in [-0.3, -0.25) is 0 Å². The number of benzene rings is 2. The molecule has 0 aliphatic rings. The molecule has 2 rings (SSSR count). The van der Waals surface area contributed by atoms with Gasteiger partial charge >= 0.3 is 0 Å². The fourth-order valence-electron chi connectivity index (χ4n) is 2.08. The highest BCUT2D eigenvalue weighted by Crippen LogP contribution is 2.19. The zero-order valence-electron chi connectivity index (χ0n) is 11.1. The van der Waals surface area contributed by atoms with Crippen molar-refractivity contribution in [2.24, 2.45) is 5.73 Å². The zero-order valence-corrected chi connectivity index (χ0v) is 11.1. The quantitative estimate of drug-likeness (QED) is 0.891. The first-order valence-electron chi connectivity index (χ1n) is 6.44. The van der Waals surface area contributed by atoms with E-state index in [1.54, 1.807) is 12.1 Å². The second-order valence-corrected chi connectivity index (χ2v) is 4.67. The summed E-state index contributed by atoms with van der Waals surface area (Å²) < 4.78 is 13.6. The van der Waals surface area contributed by atoms with Crippen LogP contribution in [0.3, 0.4) is 0 Å². The summed E-state index contributed by atoms with van der Waals surface area (Å²) in [5, 5.41) is 0. The highest BCUT2D eigenvalue weighted by atomic mass is 19.1. The van der Waals surface area contributed by atoms with Gasteiger partial charge in [-0.15, -0.1) is 0 Å². The van der Waals surface area contributed by atoms with Crippen LogP contribution in [0.1, 0.15) is 18.0 Å². The molecule has 0 radical (unpaired) electrons. The number of rotatable bonds is 5. The van der Waals surface area contributed by atoms with Gasteiger partial charge in [-0.1, -0.05) is 36.4 Å². The maximum atomic E-state index is 13.6. The molecule has 0 aliphatic heterocycles. The molecule has 0 aromatic heterocycles. The first kappa shape index (κ1) is 13.6. The fraction of sp³-hybridized carbons (Fsp3) is 0.250. The smallest absolute Gasteiger partial charge is 0.127 e. The molecular formula is C16H19FN2. The third-order valence-electron chi connectivity index (χ3n) is 3.28. The van der Waals surface area contributed by atoms with Crippen molar-refractivity contribution in [1.82, 2.24) is 0 Å². The van der Waals surface area contributed by atoms with Crippen LogP contribution in [0.4, 0.5) is 10.1 Å². The van der Waals surface area contributed by atoms with Crippen LogP contribution in [0.2, 0.25) is 0 Å². The van der Waals surface area contributed by atoms with Gasteiger partial charge in [0.25, 0.3) is 0 Å². The first-order valence-corrected chi connectivity index (χ1v) is 6.44. The second kappa shape index (κ2) is 6.34. The Balaban J connectivity index is 1.94. The highest BCUT2D eigenvalue weighted by Gasteiger charge is 2.11. The van der Waals surface area contributed by atoms with Crippen LogP contribution in [-0.4, -0.2) is 13.6 Å². The summed E-state index contributed by atoms with van der Waals surface area (Å²) in [6.07, 6.45) is 0.715. The van der Waals surface area contributed by atoms with Gasteiger partial charge in [-0.25, -0.2) is 4.39 Å². The molecule has 19 heavy (non-hydrogen) atoms. The summed E-state index contributed by atoms with van der Waals surface area (Å²) in [5.74, 6) is -0.225. The van der Waals surface area contributed by atoms with Crippen LogP contribution in [0, 0.1) is 5.82 Å². The standard InChI is InChI=1S/C16H19FN2/c1-19(13-7-3-2-4-8-13)12-11-16(18)14-9-5-6-10-15(14)17/h2-10,16H,11-12,18H2,1H3. The Kier molecular flexibility index (Phi) is 4.53. The van der Waals surface area contributed by atoms with Crippen LogP contribution < -0.4 is 10.6 Å². The van der Waals surface area contributed by atoms with Crippen molar-refractivity contribution in [3.8, 4) is 0 Å². The van der Waals surface area contributed by atoms with Crippen LogP contribution >= 0.6 is 0 Å². The minimum atomic E-state index is -0.271. The Morgan fingerprint density at radius 3 is 2.37 bits per heavy atom. The van der Waals surface area contributed by atoms with Gasteiger partial charge in [0, 0.05) is 30.9 Å². The van der Waals surface area contributed by atoms with Crippen LogP contribution in [0.15, 0.2) is 54.6 Å². The molecule has 1 unspecified atom stereocenters. The number of hydrogen-bond acceptors (Lipinski definition) is 2. The maximum absolute atomic E-state index is 13.6. The first-order chi connectivity index (χ1) is 9.18. The average molecular weight is 258 g/mol. The molecule has 0 saturated heterocycles. The number of hydrogen-bond donors (Lipinski definition) is 1. The van der Waals surface area contributed by atoms with Gasteiger partial charge in [-0.2, -0.15) is 0 Å². The third kappa shape index (κ3) is 3.55. The van der Waals surface area contributed by atoms with Gasteiger partial charge in [-0.05, 0) is 24.6 Å². The summed E-state index contributed by atoms with van der Waals surface area (Å²) in [4.78, 5) is 2.13. The van der Waals surface area contributed by atoms with Crippen LogP contribution in [0.25, 0.3) is 0 Å². The van der Waals surface area contributed by atoms with Crippen LogP contribution in [-0.2, 0) is 0 Å². The van der Waals surface area contributed by atoms with Gasteiger partial charge in [0.15, 0.2) is 0 Å². The lowest BCUT2D eigenvalue weighted by Crippen LogP contribution is -2.23. The molecule has 0 heterocycles. The van der Waals surface area contributed by atoms with Crippen molar-refractivity contribution in [3.63, 3.8) is 0 Å². The highest BCUT2D eigenvalue weighted by molar-refractivity contribution is 5.44. The van der Waals surface area contributed by atoms with Crippen LogP contribution in [0.5, 0.6) is 0 Å². The predicted molar refractivity (Wildman–Crippen MR) is 77.7 cm³/mol. The number of nitrogens with zero attached hydrogens (tertiary/aromatic N) is 1. The maximum Gasteiger partial charge on any atom is 0.127 e. The number of anilines is 1. The molecule has 1 atom stereocenters. The molecule has 100 valence electrons. The molecule has 0 fully saturated rings. The molecule has 0 spiro atoms. The van der Waals surface area contributed by atoms with Crippen molar-refractivity contribution >= 4 is 5.69 Å². The van der Waals surface area contributed by atoms with Crippen molar-refractivity contribution in [1.29, 1.82) is 0 Å². The average Bonchev–Trinajstić information content (AvgIpc) is 2.46. The molecule has 2 aromatic rings. The molecule has 0 bridgehead atoms. The van der Waals surface area contributed by atoms with E-state index in [1.165, 1.54) is 6.07 Å². The van der Waals surface area contributed by atoms with Crippen molar-refractivity contribution in [2.75, 3.05) is 18.5 Å². The van der Waals surface area contributed by atoms with E-state index in [0.29, 0.717) is 12.0 Å². The molecule has 2 N–H and O–H groups in total. The van der Waals surface area contributed by atoms with Gasteiger partial charge in [0.1, 0.15) is 5.82 Å². The Labute approximate surface area is 113 Å². The lowest BCUT2D eigenvalue weighted by atomic mass is 10.0. The Morgan fingerprint density at radius 2 is 1.68 bits per heavy atom. The van der Waals surface area contributed by atoms with Crippen molar-refractivity contribution in [3.05, 3.63) is 66.0 Å². The Morgan fingerprint density at radius 1 is 1.05 bits per heavy atom. The lowest BCUT2D eigenvalue weighted by molar-refractivity contribution is 0.563. The van der Waals surface area contributed by atoms with E-state index in [0.717, 1.165) is 12.2 Å². The van der Waals surface area contributed by atoms with Gasteiger partial charge in [0.2, 0.25) is 0 Å². The summed E-state index contributed by atoms with van der Waals surface area (Å²) in [6.45, 7) is 0.791.